The molecule has 0 bridgehead atoms. The molecule has 0 aliphatic heterocycles. The van der Waals surface area contributed by atoms with Crippen LogP contribution in [0.4, 0.5) is 8.78 Å². The molecule has 0 radical (unpaired) electrons. The van der Waals surface area contributed by atoms with Crippen LogP contribution < -0.4 is 10.5 Å². The summed E-state index contributed by atoms with van der Waals surface area (Å²) in [5.41, 5.74) is 4.00. The van der Waals surface area contributed by atoms with Gasteiger partial charge in [0.25, 0.3) is 12.3 Å². The van der Waals surface area contributed by atoms with E-state index in [0.717, 1.165) is 6.07 Å². The molecule has 0 atom stereocenters. The topological polar surface area (TPSA) is 65.2 Å². The normalized spacial score (nSPS) is 10.5. The van der Waals surface area contributed by atoms with Gasteiger partial charge in [0.05, 0.1) is 16.2 Å². The lowest BCUT2D eigenvalue weighted by molar-refractivity contribution is 0.0978. The highest BCUT2D eigenvalue weighted by Crippen LogP contribution is 2.27. The van der Waals surface area contributed by atoms with E-state index in [1.54, 1.807) is 22.6 Å². The highest BCUT2D eigenvalue weighted by Gasteiger charge is 2.21. The fourth-order valence-corrected chi connectivity index (χ4v) is 1.67. The Bertz CT molecular complexity index is 398. The van der Waals surface area contributed by atoms with Gasteiger partial charge in [-0.15, -0.1) is 0 Å². The molecule has 7 heteroatoms. The number of ether oxygens (including phenoxy) is 1. The molecular formula is C8H7F2IN2O2. The van der Waals surface area contributed by atoms with Crippen LogP contribution in [0.2, 0.25) is 0 Å². The Labute approximate surface area is 98.0 Å². The molecule has 1 rings (SSSR count). The number of hydrogen-bond donors (Lipinski definition) is 1. The summed E-state index contributed by atoms with van der Waals surface area (Å²) in [5, 5.41) is 0. The molecule has 1 aromatic heterocycles. The van der Waals surface area contributed by atoms with Crippen LogP contribution in [-0.4, -0.2) is 18.0 Å². The number of amides is 1. The second kappa shape index (κ2) is 4.69. The second-order valence-corrected chi connectivity index (χ2v) is 3.74. The van der Waals surface area contributed by atoms with E-state index in [1.807, 2.05) is 0 Å². The van der Waals surface area contributed by atoms with Crippen molar-refractivity contribution in [3.8, 4) is 5.88 Å². The van der Waals surface area contributed by atoms with Gasteiger partial charge in [0.1, 0.15) is 5.69 Å². The predicted molar refractivity (Wildman–Crippen MR) is 57.0 cm³/mol. The molecule has 1 aromatic rings. The van der Waals surface area contributed by atoms with E-state index < -0.39 is 23.6 Å². The molecule has 0 saturated carbocycles. The largest absolute Gasteiger partial charge is 0.480 e. The summed E-state index contributed by atoms with van der Waals surface area (Å²) in [4.78, 5) is 14.5. The Balaban J connectivity index is 3.39. The number of rotatable bonds is 3. The van der Waals surface area contributed by atoms with Crippen molar-refractivity contribution in [1.29, 1.82) is 0 Å². The van der Waals surface area contributed by atoms with Crippen LogP contribution >= 0.6 is 22.6 Å². The third-order valence-corrected chi connectivity index (χ3v) is 2.41. The Morgan fingerprint density at radius 3 is 2.67 bits per heavy atom. The summed E-state index contributed by atoms with van der Waals surface area (Å²) in [6.45, 7) is 0. The summed E-state index contributed by atoms with van der Waals surface area (Å²) in [7, 11) is 1.33. The standard InChI is InChI=1S/C8H7F2IN2O2/c1-15-8-4(11)2-3(6(9)10)5(13-8)7(12)14/h2,6H,1H3,(H2,12,14). The maximum atomic E-state index is 12.5. The summed E-state index contributed by atoms with van der Waals surface area (Å²) < 4.78 is 30.2. The maximum Gasteiger partial charge on any atom is 0.267 e. The number of pyridine rings is 1. The fourth-order valence-electron chi connectivity index (χ4n) is 0.993. The summed E-state index contributed by atoms with van der Waals surface area (Å²) in [6, 6.07) is 1.14. The van der Waals surface area contributed by atoms with Crippen molar-refractivity contribution in [2.45, 2.75) is 6.43 Å². The Kier molecular flexibility index (Phi) is 3.77. The molecule has 1 heterocycles. The first kappa shape index (κ1) is 12.1. The minimum absolute atomic E-state index is 0.105. The number of alkyl halides is 2. The van der Waals surface area contributed by atoms with Gasteiger partial charge in [-0.1, -0.05) is 0 Å². The van der Waals surface area contributed by atoms with E-state index >= 15 is 0 Å². The highest BCUT2D eigenvalue weighted by atomic mass is 127. The summed E-state index contributed by atoms with van der Waals surface area (Å²) in [6.07, 6.45) is -2.79. The summed E-state index contributed by atoms with van der Waals surface area (Å²) >= 11 is 1.79. The number of carbonyl (C=O) groups is 1. The summed E-state index contributed by atoms with van der Waals surface area (Å²) in [5.74, 6) is -0.895. The van der Waals surface area contributed by atoms with Gasteiger partial charge >= 0.3 is 0 Å². The van der Waals surface area contributed by atoms with Gasteiger partial charge in [0.15, 0.2) is 0 Å². The second-order valence-electron chi connectivity index (χ2n) is 2.58. The first-order valence-corrected chi connectivity index (χ1v) is 4.87. The number of methoxy groups -OCH3 is 1. The first-order valence-electron chi connectivity index (χ1n) is 3.79. The fraction of sp³-hybridized carbons (Fsp3) is 0.250. The van der Waals surface area contributed by atoms with Gasteiger partial charge in [0.2, 0.25) is 5.88 Å². The van der Waals surface area contributed by atoms with E-state index in [4.69, 9.17) is 10.5 Å². The van der Waals surface area contributed by atoms with Crippen LogP contribution in [0.15, 0.2) is 6.07 Å². The van der Waals surface area contributed by atoms with Gasteiger partial charge < -0.3 is 10.5 Å². The molecule has 15 heavy (non-hydrogen) atoms. The third kappa shape index (κ3) is 2.52. The van der Waals surface area contributed by atoms with Crippen LogP contribution in [0.3, 0.4) is 0 Å². The molecule has 0 aliphatic carbocycles. The first-order chi connectivity index (χ1) is 6.97. The highest BCUT2D eigenvalue weighted by molar-refractivity contribution is 14.1. The average Bonchev–Trinajstić information content (AvgIpc) is 2.16. The molecule has 0 aromatic carbocycles. The van der Waals surface area contributed by atoms with Crippen LogP contribution in [0.5, 0.6) is 5.88 Å². The number of primary amides is 1. The SMILES string of the molecule is COc1nc(C(N)=O)c(C(F)F)cc1I. The van der Waals surface area contributed by atoms with Crippen molar-refractivity contribution >= 4 is 28.5 Å². The van der Waals surface area contributed by atoms with Crippen molar-refractivity contribution in [3.63, 3.8) is 0 Å². The van der Waals surface area contributed by atoms with Crippen molar-refractivity contribution < 1.29 is 18.3 Å². The number of nitrogens with zero attached hydrogens (tertiary/aromatic N) is 1. The van der Waals surface area contributed by atoms with Gasteiger partial charge in [-0.3, -0.25) is 4.79 Å². The van der Waals surface area contributed by atoms with E-state index in [2.05, 4.69) is 4.98 Å². The molecule has 82 valence electrons. The van der Waals surface area contributed by atoms with E-state index in [-0.39, 0.29) is 5.88 Å². The molecule has 0 fully saturated rings. The number of nitrogens with two attached hydrogens (primary N) is 1. The maximum absolute atomic E-state index is 12.5. The molecule has 2 N–H and O–H groups in total. The Morgan fingerprint density at radius 2 is 2.27 bits per heavy atom. The van der Waals surface area contributed by atoms with Crippen molar-refractivity contribution in [2.75, 3.05) is 7.11 Å². The Morgan fingerprint density at radius 1 is 1.67 bits per heavy atom. The van der Waals surface area contributed by atoms with Crippen molar-refractivity contribution in [1.82, 2.24) is 4.98 Å². The number of carbonyl (C=O) groups excluding carboxylic acids is 1. The zero-order valence-corrected chi connectivity index (χ0v) is 9.79. The number of halogens is 3. The zero-order chi connectivity index (χ0) is 11.6. The van der Waals surface area contributed by atoms with Crippen LogP contribution in [-0.2, 0) is 0 Å². The number of hydrogen-bond acceptors (Lipinski definition) is 3. The van der Waals surface area contributed by atoms with Crippen molar-refractivity contribution in [2.24, 2.45) is 5.73 Å². The Hall–Kier alpha value is -0.990. The van der Waals surface area contributed by atoms with E-state index in [9.17, 15) is 13.6 Å². The molecule has 0 saturated heterocycles. The molecule has 0 aliphatic rings. The minimum atomic E-state index is -2.79. The number of aromatic nitrogens is 1. The van der Waals surface area contributed by atoms with Gasteiger partial charge in [-0.2, -0.15) is 0 Å². The lowest BCUT2D eigenvalue weighted by Crippen LogP contribution is -2.17. The average molecular weight is 328 g/mol. The predicted octanol–water partition coefficient (Wildman–Crippen LogP) is 1.73. The zero-order valence-electron chi connectivity index (χ0n) is 7.63. The van der Waals surface area contributed by atoms with Gasteiger partial charge in [-0.05, 0) is 28.7 Å². The van der Waals surface area contributed by atoms with Crippen LogP contribution in [0.1, 0.15) is 22.5 Å². The molecule has 0 spiro atoms. The minimum Gasteiger partial charge on any atom is -0.480 e. The van der Waals surface area contributed by atoms with Gasteiger partial charge in [0, 0.05) is 0 Å². The monoisotopic (exact) mass is 328 g/mol. The van der Waals surface area contributed by atoms with Crippen molar-refractivity contribution in [3.05, 3.63) is 20.9 Å². The smallest absolute Gasteiger partial charge is 0.267 e. The van der Waals surface area contributed by atoms with E-state index in [0.29, 0.717) is 3.57 Å². The van der Waals surface area contributed by atoms with Gasteiger partial charge in [-0.25, -0.2) is 13.8 Å². The quantitative estimate of drug-likeness (QED) is 0.860. The molecular weight excluding hydrogens is 321 g/mol. The lowest BCUT2D eigenvalue weighted by atomic mass is 10.2. The van der Waals surface area contributed by atoms with E-state index in [1.165, 1.54) is 7.11 Å². The lowest BCUT2D eigenvalue weighted by Gasteiger charge is -2.08. The van der Waals surface area contributed by atoms with Crippen LogP contribution in [0.25, 0.3) is 0 Å². The molecule has 0 unspecified atom stereocenters. The van der Waals surface area contributed by atoms with Crippen LogP contribution in [0, 0.1) is 3.57 Å². The molecule has 4 nitrogen and oxygen atoms in total. The third-order valence-electron chi connectivity index (χ3n) is 1.64. The molecule has 1 amide bonds.